The Morgan fingerprint density at radius 2 is 0.674 bits per heavy atom. The summed E-state index contributed by atoms with van der Waals surface area (Å²) in [7, 11) is 1.33. The molecule has 0 heterocycles. The molecule has 0 aromatic rings. The van der Waals surface area contributed by atoms with Crippen LogP contribution in [0.1, 0.15) is 399 Å². The molecule has 0 radical (unpaired) electrons. The van der Waals surface area contributed by atoms with Crippen molar-refractivity contribution in [3.63, 3.8) is 0 Å². The van der Waals surface area contributed by atoms with Crippen LogP contribution >= 0.6 is 7.82 Å². The first kappa shape index (κ1) is 84.7. The van der Waals surface area contributed by atoms with Gasteiger partial charge in [0.15, 0.2) is 0 Å². The number of allylic oxidation sites excluding steroid dienone is 6. The number of amides is 1. The van der Waals surface area contributed by atoms with E-state index in [1.165, 1.54) is 321 Å². The van der Waals surface area contributed by atoms with Gasteiger partial charge in [0.05, 0.1) is 39.9 Å². The molecule has 9 heteroatoms. The van der Waals surface area contributed by atoms with Crippen LogP contribution < -0.4 is 10.2 Å². The average Bonchev–Trinajstić information content (AvgIpc) is 3.70. The van der Waals surface area contributed by atoms with Crippen molar-refractivity contribution in [3.8, 4) is 0 Å². The summed E-state index contributed by atoms with van der Waals surface area (Å²) in [5.41, 5.74) is 0. The third kappa shape index (κ3) is 70.2. The van der Waals surface area contributed by atoms with Gasteiger partial charge in [-0.05, 0) is 51.4 Å². The van der Waals surface area contributed by atoms with Crippen LogP contribution in [0.2, 0.25) is 0 Å². The normalized spacial score (nSPS) is 13.7. The van der Waals surface area contributed by atoms with Crippen molar-refractivity contribution in [2.75, 3.05) is 40.9 Å². The predicted molar refractivity (Wildman–Crippen MR) is 376 cm³/mol. The zero-order chi connectivity index (χ0) is 62.6. The molecule has 3 atom stereocenters. The summed E-state index contributed by atoms with van der Waals surface area (Å²) in [5, 5.41) is 14.1. The number of unbranched alkanes of at least 4 members (excludes halogenated alkanes) is 53. The molecule has 0 saturated heterocycles. The second-order valence-corrected chi connectivity index (χ2v) is 29.1. The lowest BCUT2D eigenvalue weighted by Crippen LogP contribution is -2.46. The monoisotopic (exact) mass is 1230 g/mol. The van der Waals surface area contributed by atoms with Gasteiger partial charge in [-0.2, -0.15) is 0 Å². The van der Waals surface area contributed by atoms with Crippen LogP contribution in [0.4, 0.5) is 0 Å². The van der Waals surface area contributed by atoms with E-state index in [1.807, 2.05) is 21.1 Å². The lowest BCUT2D eigenvalue weighted by atomic mass is 10.0. The lowest BCUT2D eigenvalue weighted by molar-refractivity contribution is -0.870. The van der Waals surface area contributed by atoms with E-state index in [0.29, 0.717) is 23.9 Å². The van der Waals surface area contributed by atoms with Crippen molar-refractivity contribution < 1.29 is 32.9 Å². The van der Waals surface area contributed by atoms with Crippen molar-refractivity contribution in [3.05, 3.63) is 36.5 Å². The van der Waals surface area contributed by atoms with Crippen LogP contribution in [-0.4, -0.2) is 68.5 Å². The maximum absolute atomic E-state index is 13.1. The van der Waals surface area contributed by atoms with Crippen LogP contribution in [0.3, 0.4) is 0 Å². The number of carbonyl (C=O) groups is 1. The van der Waals surface area contributed by atoms with Gasteiger partial charge in [0.25, 0.3) is 7.82 Å². The number of rotatable bonds is 72. The molecule has 0 saturated carbocycles. The van der Waals surface area contributed by atoms with Crippen LogP contribution in [0.25, 0.3) is 0 Å². The van der Waals surface area contributed by atoms with Crippen LogP contribution in [0.15, 0.2) is 36.5 Å². The SMILES string of the molecule is CCCCCCC/C=C\C/C=C\C/C=C\CCCCCCCCCCCCCCCCCCCCCCC(=O)NC(COP(=O)([O-])OCC[N+](C)(C)C)C(O)CCCCCCCCCCCCCCCCCCCCCCCCCCCCCCC. The fourth-order valence-corrected chi connectivity index (χ4v) is 12.7. The van der Waals surface area contributed by atoms with E-state index in [4.69, 9.17) is 9.05 Å². The molecule has 0 aliphatic rings. The third-order valence-corrected chi connectivity index (χ3v) is 18.8. The number of aliphatic hydroxyl groups is 1. The van der Waals surface area contributed by atoms with Crippen molar-refractivity contribution in [1.29, 1.82) is 0 Å². The Morgan fingerprint density at radius 1 is 0.407 bits per heavy atom. The maximum Gasteiger partial charge on any atom is 0.268 e. The van der Waals surface area contributed by atoms with Gasteiger partial charge < -0.3 is 28.8 Å². The summed E-state index contributed by atoms with van der Waals surface area (Å²) in [6.07, 6.45) is 91.1. The van der Waals surface area contributed by atoms with E-state index < -0.39 is 20.0 Å². The molecule has 0 spiro atoms. The molecule has 510 valence electrons. The Balaban J connectivity index is 3.95. The fraction of sp³-hybridized carbons (Fsp3) is 0.909. The predicted octanol–water partition coefficient (Wildman–Crippen LogP) is 24.2. The second-order valence-electron chi connectivity index (χ2n) is 27.7. The molecule has 0 aliphatic carbocycles. The van der Waals surface area contributed by atoms with E-state index in [2.05, 4.69) is 55.6 Å². The van der Waals surface area contributed by atoms with Gasteiger partial charge in [-0.25, -0.2) is 0 Å². The standard InChI is InChI=1S/C77H151N2O6P/c1-6-8-10-12-14-16-18-20-22-24-26-28-30-32-34-36-37-38-39-40-41-43-45-47-49-51-53-55-57-59-61-63-65-67-69-71-77(81)78-75(74-85-86(82,83)84-73-72-79(3,4)5)76(80)70-68-66-64-62-60-58-56-54-52-50-48-46-44-42-35-33-31-29-27-25-23-21-19-17-15-13-11-9-7-2/h18,20,24,26,30,32,75-76,80H,6-17,19,21-23,25,27-29,31,33-74H2,1-5H3,(H-,78,81,82,83)/b20-18-,26-24-,32-30-. The summed E-state index contributed by atoms with van der Waals surface area (Å²) in [6, 6.07) is -0.801. The Kier molecular flexibility index (Phi) is 67.1. The van der Waals surface area contributed by atoms with Gasteiger partial charge >= 0.3 is 0 Å². The van der Waals surface area contributed by atoms with E-state index >= 15 is 0 Å². The number of nitrogens with one attached hydrogen (secondary N) is 1. The fourth-order valence-electron chi connectivity index (χ4n) is 11.9. The van der Waals surface area contributed by atoms with E-state index in [-0.39, 0.29) is 19.1 Å². The first-order chi connectivity index (χ1) is 42.0. The molecule has 0 fully saturated rings. The smallest absolute Gasteiger partial charge is 0.268 e. The maximum atomic E-state index is 13.1. The number of carbonyl (C=O) groups excluding carboxylic acids is 1. The molecule has 3 unspecified atom stereocenters. The van der Waals surface area contributed by atoms with Crippen molar-refractivity contribution in [1.82, 2.24) is 5.32 Å². The minimum Gasteiger partial charge on any atom is -0.756 e. The first-order valence-corrected chi connectivity index (χ1v) is 39.8. The van der Waals surface area contributed by atoms with Crippen LogP contribution in [-0.2, 0) is 18.4 Å². The van der Waals surface area contributed by atoms with Crippen LogP contribution in [0.5, 0.6) is 0 Å². The summed E-state index contributed by atoms with van der Waals surface area (Å²) < 4.78 is 23.6. The number of hydrogen-bond acceptors (Lipinski definition) is 6. The number of quaternary nitrogens is 1. The molecule has 1 amide bonds. The molecule has 0 aliphatic heterocycles. The van der Waals surface area contributed by atoms with Crippen LogP contribution in [0, 0.1) is 0 Å². The van der Waals surface area contributed by atoms with Crippen molar-refractivity contribution >= 4 is 13.7 Å². The number of nitrogens with zero attached hydrogens (tertiary/aromatic N) is 1. The second kappa shape index (κ2) is 68.1. The molecular weight excluding hydrogens is 1080 g/mol. The van der Waals surface area contributed by atoms with E-state index in [1.54, 1.807) is 0 Å². The minimum atomic E-state index is -4.58. The summed E-state index contributed by atoms with van der Waals surface area (Å²) in [6.45, 7) is 4.78. The van der Waals surface area contributed by atoms with Gasteiger partial charge in [0, 0.05) is 6.42 Å². The molecule has 86 heavy (non-hydrogen) atoms. The molecule has 8 nitrogen and oxygen atoms in total. The summed E-state index contributed by atoms with van der Waals surface area (Å²) in [4.78, 5) is 25.7. The highest BCUT2D eigenvalue weighted by atomic mass is 31.2. The number of aliphatic hydroxyl groups excluding tert-OH is 1. The molecule has 0 rings (SSSR count). The van der Waals surface area contributed by atoms with Gasteiger partial charge in [0.2, 0.25) is 5.91 Å². The minimum absolute atomic E-state index is 0.0146. The number of likely N-dealkylation sites (N-methyl/N-ethyl adjacent to an activating group) is 1. The number of hydrogen-bond donors (Lipinski definition) is 2. The molecule has 2 N–H and O–H groups in total. The largest absolute Gasteiger partial charge is 0.756 e. The Bertz CT molecular complexity index is 1500. The Hall–Kier alpha value is -1.28. The molecule has 0 bridgehead atoms. The van der Waals surface area contributed by atoms with Gasteiger partial charge in [-0.15, -0.1) is 0 Å². The Labute approximate surface area is 537 Å². The topological polar surface area (TPSA) is 108 Å². The van der Waals surface area contributed by atoms with Crippen molar-refractivity contribution in [2.45, 2.75) is 411 Å². The van der Waals surface area contributed by atoms with E-state index in [9.17, 15) is 19.4 Å². The highest BCUT2D eigenvalue weighted by molar-refractivity contribution is 7.45. The summed E-state index contributed by atoms with van der Waals surface area (Å²) in [5.74, 6) is -0.156. The Morgan fingerprint density at radius 3 is 0.977 bits per heavy atom. The molecule has 0 aromatic heterocycles. The van der Waals surface area contributed by atoms with Crippen molar-refractivity contribution in [2.24, 2.45) is 0 Å². The number of phosphoric acid groups is 1. The third-order valence-electron chi connectivity index (χ3n) is 17.9. The highest BCUT2D eigenvalue weighted by Crippen LogP contribution is 2.38. The zero-order valence-electron chi connectivity index (χ0n) is 58.5. The van der Waals surface area contributed by atoms with Gasteiger partial charge in [-0.3, -0.25) is 9.36 Å². The van der Waals surface area contributed by atoms with Gasteiger partial charge in [-0.1, -0.05) is 378 Å². The first-order valence-electron chi connectivity index (χ1n) is 38.3. The molecular formula is C77H151N2O6P. The van der Waals surface area contributed by atoms with Gasteiger partial charge in [0.1, 0.15) is 13.2 Å². The number of phosphoric ester groups is 1. The quantitative estimate of drug-likeness (QED) is 0.0272. The average molecular weight is 1230 g/mol. The summed E-state index contributed by atoms with van der Waals surface area (Å²) >= 11 is 0. The van der Waals surface area contributed by atoms with E-state index in [0.717, 1.165) is 51.4 Å². The highest BCUT2D eigenvalue weighted by Gasteiger charge is 2.24. The zero-order valence-corrected chi connectivity index (χ0v) is 59.4. The lowest BCUT2D eigenvalue weighted by Gasteiger charge is -2.30. The molecule has 0 aromatic carbocycles.